The standard InChI is InChI=1S/C22H19F3N6O2/c1-22(21-28-13-5-4-12(23)17(24)19(13)29-21)8-3-11-30(22)20(32)16-14(31-26-9-10-27-31)6-7-15(33-2)18(16)25/h4-7,9-10H,3,8,11H2,1-2H3,(H,28,29). The van der Waals surface area contributed by atoms with Gasteiger partial charge in [-0.15, -0.1) is 0 Å². The van der Waals surface area contributed by atoms with Gasteiger partial charge in [0.2, 0.25) is 0 Å². The number of imidazole rings is 1. The Morgan fingerprint density at radius 2 is 1.88 bits per heavy atom. The van der Waals surface area contributed by atoms with Gasteiger partial charge in [0.25, 0.3) is 5.91 Å². The van der Waals surface area contributed by atoms with E-state index in [9.17, 15) is 13.6 Å². The third kappa shape index (κ3) is 3.14. The number of rotatable bonds is 4. The molecule has 8 nitrogen and oxygen atoms in total. The predicted octanol–water partition coefficient (Wildman–Crippen LogP) is 3.72. The van der Waals surface area contributed by atoms with Gasteiger partial charge in [-0.1, -0.05) is 0 Å². The number of halogens is 3. The Morgan fingerprint density at radius 1 is 1.12 bits per heavy atom. The first kappa shape index (κ1) is 21.0. The van der Waals surface area contributed by atoms with Crippen LogP contribution in [0.15, 0.2) is 36.7 Å². The second-order valence-corrected chi connectivity index (χ2v) is 7.97. The predicted molar refractivity (Wildman–Crippen MR) is 112 cm³/mol. The summed E-state index contributed by atoms with van der Waals surface area (Å²) in [6.45, 7) is 2.07. The van der Waals surface area contributed by atoms with Crippen LogP contribution in [-0.2, 0) is 5.54 Å². The van der Waals surface area contributed by atoms with Gasteiger partial charge in [-0.25, -0.2) is 18.2 Å². The maximum absolute atomic E-state index is 15.4. The SMILES string of the molecule is COc1ccc(-n2nccn2)c(C(=O)N2CCCC2(C)c2nc3c(F)c(F)ccc3[nH]2)c1F. The number of likely N-dealkylation sites (tertiary alicyclic amines) is 1. The summed E-state index contributed by atoms with van der Waals surface area (Å²) in [4.78, 5) is 23.7. The van der Waals surface area contributed by atoms with Crippen LogP contribution in [0.25, 0.3) is 16.7 Å². The zero-order valence-corrected chi connectivity index (χ0v) is 17.8. The highest BCUT2D eigenvalue weighted by Crippen LogP contribution is 2.40. The normalized spacial score (nSPS) is 18.3. The van der Waals surface area contributed by atoms with Crippen molar-refractivity contribution in [2.45, 2.75) is 25.3 Å². The molecule has 1 saturated heterocycles. The number of hydrogen-bond donors (Lipinski definition) is 1. The number of nitrogens with zero attached hydrogens (tertiary/aromatic N) is 5. The number of methoxy groups -OCH3 is 1. The van der Waals surface area contributed by atoms with Gasteiger partial charge in [-0.3, -0.25) is 4.79 Å². The average molecular weight is 456 g/mol. The van der Waals surface area contributed by atoms with Gasteiger partial charge in [0.1, 0.15) is 22.6 Å². The van der Waals surface area contributed by atoms with Crippen LogP contribution in [0.4, 0.5) is 13.2 Å². The number of aromatic amines is 1. The largest absolute Gasteiger partial charge is 0.494 e. The van der Waals surface area contributed by atoms with Crippen molar-refractivity contribution < 1.29 is 22.7 Å². The molecule has 0 saturated carbocycles. The zero-order chi connectivity index (χ0) is 23.3. The van der Waals surface area contributed by atoms with Crippen LogP contribution in [0, 0.1) is 17.5 Å². The van der Waals surface area contributed by atoms with Gasteiger partial charge in [-0.05, 0) is 44.0 Å². The Labute approximate surface area is 186 Å². The van der Waals surface area contributed by atoms with Crippen LogP contribution in [0.3, 0.4) is 0 Å². The summed E-state index contributed by atoms with van der Waals surface area (Å²) in [6, 6.07) is 5.29. The lowest BCUT2D eigenvalue weighted by Gasteiger charge is -2.34. The van der Waals surface area contributed by atoms with Crippen molar-refractivity contribution in [2.75, 3.05) is 13.7 Å². The number of H-pyrrole nitrogens is 1. The number of hydrogen-bond acceptors (Lipinski definition) is 5. The van der Waals surface area contributed by atoms with Crippen molar-refractivity contribution in [2.24, 2.45) is 0 Å². The molecule has 2 aromatic carbocycles. The molecule has 1 amide bonds. The average Bonchev–Trinajstić information content (AvgIpc) is 3.56. The van der Waals surface area contributed by atoms with Gasteiger partial charge in [0, 0.05) is 6.54 Å². The summed E-state index contributed by atoms with van der Waals surface area (Å²) in [6.07, 6.45) is 3.93. The molecule has 1 aliphatic heterocycles. The monoisotopic (exact) mass is 456 g/mol. The van der Waals surface area contributed by atoms with E-state index in [0.717, 1.165) is 10.9 Å². The van der Waals surface area contributed by atoms with Gasteiger partial charge in [-0.2, -0.15) is 15.0 Å². The minimum atomic E-state index is -1.07. The van der Waals surface area contributed by atoms with Crippen molar-refractivity contribution in [3.8, 4) is 11.4 Å². The molecule has 2 aromatic heterocycles. The number of ether oxygens (including phenoxy) is 1. The second kappa shape index (κ2) is 7.61. The maximum atomic E-state index is 15.4. The minimum absolute atomic E-state index is 0.101. The first-order valence-electron chi connectivity index (χ1n) is 10.2. The molecule has 0 aliphatic carbocycles. The van der Waals surface area contributed by atoms with Gasteiger partial charge < -0.3 is 14.6 Å². The van der Waals surface area contributed by atoms with Crippen molar-refractivity contribution in [1.29, 1.82) is 0 Å². The summed E-state index contributed by atoms with van der Waals surface area (Å²) < 4.78 is 48.4. The highest BCUT2D eigenvalue weighted by atomic mass is 19.2. The Bertz CT molecular complexity index is 1370. The Balaban J connectivity index is 1.63. The van der Waals surface area contributed by atoms with Crippen molar-refractivity contribution in [1.82, 2.24) is 29.9 Å². The fraction of sp³-hybridized carbons (Fsp3) is 0.273. The van der Waals surface area contributed by atoms with Gasteiger partial charge >= 0.3 is 0 Å². The Kier molecular flexibility index (Phi) is 4.84. The van der Waals surface area contributed by atoms with Gasteiger partial charge in [0.05, 0.1) is 30.6 Å². The molecule has 0 radical (unpaired) electrons. The lowest BCUT2D eigenvalue weighted by molar-refractivity contribution is 0.0600. The van der Waals surface area contributed by atoms with Gasteiger partial charge in [0.15, 0.2) is 23.2 Å². The molecule has 1 fully saturated rings. The van der Waals surface area contributed by atoms with E-state index in [-0.39, 0.29) is 28.3 Å². The van der Waals surface area contributed by atoms with Crippen LogP contribution >= 0.6 is 0 Å². The molecule has 4 aromatic rings. The van der Waals surface area contributed by atoms with E-state index in [2.05, 4.69) is 20.2 Å². The fourth-order valence-corrected chi connectivity index (χ4v) is 4.36. The first-order valence-corrected chi connectivity index (χ1v) is 10.2. The quantitative estimate of drug-likeness (QED) is 0.506. The molecule has 170 valence electrons. The molecule has 0 bridgehead atoms. The number of carbonyl (C=O) groups is 1. The summed E-state index contributed by atoms with van der Waals surface area (Å²) in [7, 11) is 1.31. The summed E-state index contributed by atoms with van der Waals surface area (Å²) in [5.74, 6) is -3.36. The van der Waals surface area contributed by atoms with E-state index in [1.807, 2.05) is 0 Å². The van der Waals surface area contributed by atoms with Crippen molar-refractivity contribution in [3.63, 3.8) is 0 Å². The van der Waals surface area contributed by atoms with Crippen LogP contribution in [0.1, 0.15) is 35.9 Å². The molecular formula is C22H19F3N6O2. The zero-order valence-electron chi connectivity index (χ0n) is 17.8. The lowest BCUT2D eigenvalue weighted by Crippen LogP contribution is -2.44. The number of carbonyl (C=O) groups excluding carboxylic acids is 1. The molecule has 3 heterocycles. The van der Waals surface area contributed by atoms with E-state index < -0.39 is 28.9 Å². The lowest BCUT2D eigenvalue weighted by atomic mass is 9.96. The fourth-order valence-electron chi connectivity index (χ4n) is 4.36. The molecule has 1 N–H and O–H groups in total. The van der Waals surface area contributed by atoms with E-state index in [4.69, 9.17) is 4.74 Å². The van der Waals surface area contributed by atoms with E-state index >= 15 is 4.39 Å². The van der Waals surface area contributed by atoms with Crippen LogP contribution in [-0.4, -0.2) is 49.4 Å². The number of fused-ring (bicyclic) bond motifs is 1. The molecule has 1 atom stereocenters. The van der Waals surface area contributed by atoms with E-state index in [1.54, 1.807) is 6.92 Å². The first-order chi connectivity index (χ1) is 15.8. The molecule has 1 unspecified atom stereocenters. The number of aromatic nitrogens is 5. The van der Waals surface area contributed by atoms with E-state index in [1.165, 1.54) is 42.6 Å². The summed E-state index contributed by atoms with van der Waals surface area (Å²) in [5, 5.41) is 8.05. The summed E-state index contributed by atoms with van der Waals surface area (Å²) >= 11 is 0. The highest BCUT2D eigenvalue weighted by molar-refractivity contribution is 5.99. The Morgan fingerprint density at radius 3 is 2.61 bits per heavy atom. The van der Waals surface area contributed by atoms with Crippen LogP contribution in [0.5, 0.6) is 5.75 Å². The Hall–Kier alpha value is -3.89. The van der Waals surface area contributed by atoms with Crippen LogP contribution < -0.4 is 4.74 Å². The molecular weight excluding hydrogens is 437 g/mol. The second-order valence-electron chi connectivity index (χ2n) is 7.97. The molecule has 11 heteroatoms. The summed E-state index contributed by atoms with van der Waals surface area (Å²) in [5.41, 5.74) is -0.969. The third-order valence-corrected chi connectivity index (χ3v) is 6.09. The topological polar surface area (TPSA) is 88.9 Å². The van der Waals surface area contributed by atoms with Crippen molar-refractivity contribution in [3.05, 3.63) is 65.5 Å². The molecule has 0 spiro atoms. The maximum Gasteiger partial charge on any atom is 0.260 e. The highest BCUT2D eigenvalue weighted by Gasteiger charge is 2.45. The smallest absolute Gasteiger partial charge is 0.260 e. The van der Waals surface area contributed by atoms with E-state index in [0.29, 0.717) is 24.9 Å². The number of nitrogens with one attached hydrogen (secondary N) is 1. The van der Waals surface area contributed by atoms with Crippen molar-refractivity contribution >= 4 is 16.9 Å². The molecule has 5 rings (SSSR count). The minimum Gasteiger partial charge on any atom is -0.494 e. The number of amides is 1. The third-order valence-electron chi connectivity index (χ3n) is 6.09. The van der Waals surface area contributed by atoms with Crippen LogP contribution in [0.2, 0.25) is 0 Å². The molecule has 1 aliphatic rings. The number of benzene rings is 2. The molecule has 33 heavy (non-hydrogen) atoms.